The molecule has 13 heteroatoms. The summed E-state index contributed by atoms with van der Waals surface area (Å²) in [7, 11) is -1.37. The third kappa shape index (κ3) is 6.68. The summed E-state index contributed by atoms with van der Waals surface area (Å²) in [6.45, 7) is 2.79. The van der Waals surface area contributed by atoms with Gasteiger partial charge in [0.15, 0.2) is 5.69 Å². The summed E-state index contributed by atoms with van der Waals surface area (Å²) in [4.78, 5) is 10.8. The maximum Gasteiger partial charge on any atom is 0.387 e. The van der Waals surface area contributed by atoms with E-state index in [4.69, 9.17) is 21.4 Å². The second kappa shape index (κ2) is 10.5. The number of hydrogen-bond donors (Lipinski definition) is 2. The first kappa shape index (κ1) is 25.1. The predicted octanol–water partition coefficient (Wildman–Crippen LogP) is 4.05. The first-order valence-electron chi connectivity index (χ1n) is 9.30. The molecule has 0 fully saturated rings. The van der Waals surface area contributed by atoms with Gasteiger partial charge in [0, 0.05) is 25.3 Å². The number of benzene rings is 1. The Hall–Kier alpha value is -2.12. The van der Waals surface area contributed by atoms with Crippen molar-refractivity contribution in [2.45, 2.75) is 45.1 Å². The summed E-state index contributed by atoms with van der Waals surface area (Å²) >= 11 is 6.15. The predicted molar refractivity (Wildman–Crippen MR) is 112 cm³/mol. The molecule has 1 heterocycles. The normalized spacial score (nSPS) is 12.9. The molecule has 172 valence electrons. The van der Waals surface area contributed by atoms with E-state index in [0.717, 1.165) is 29.1 Å². The molecule has 0 radical (unpaired) electrons. The van der Waals surface area contributed by atoms with Crippen LogP contribution in [-0.4, -0.2) is 52.8 Å². The Morgan fingerprint density at radius 1 is 1.35 bits per heavy atom. The molecule has 31 heavy (non-hydrogen) atoms. The van der Waals surface area contributed by atoms with Crippen molar-refractivity contribution in [2.75, 3.05) is 13.2 Å². The van der Waals surface area contributed by atoms with Gasteiger partial charge >= 0.3 is 12.3 Å². The Balaban J connectivity index is 2.53. The molecule has 0 aliphatic carbocycles. The third-order valence-corrected chi connectivity index (χ3v) is 6.36. The molecule has 0 unspecified atom stereocenters. The molecule has 0 saturated heterocycles. The lowest BCUT2D eigenvalue weighted by molar-refractivity contribution is -0.384. The van der Waals surface area contributed by atoms with Crippen molar-refractivity contribution in [3.05, 3.63) is 39.0 Å². The van der Waals surface area contributed by atoms with E-state index in [-0.39, 0.29) is 28.6 Å². The number of hydrogen-bond acceptors (Lipinski definition) is 7. The van der Waals surface area contributed by atoms with E-state index >= 15 is 0 Å². The largest absolute Gasteiger partial charge is 0.434 e. The second-order valence-corrected chi connectivity index (χ2v) is 14.0. The van der Waals surface area contributed by atoms with Crippen LogP contribution in [0.3, 0.4) is 0 Å². The van der Waals surface area contributed by atoms with Crippen molar-refractivity contribution in [1.29, 1.82) is 0 Å². The van der Waals surface area contributed by atoms with Crippen LogP contribution in [0, 0.1) is 10.1 Å². The van der Waals surface area contributed by atoms with Crippen LogP contribution in [0.25, 0.3) is 11.3 Å². The fraction of sp³-hybridized carbons (Fsp3) is 0.500. The first-order valence-corrected chi connectivity index (χ1v) is 13.4. The van der Waals surface area contributed by atoms with Crippen molar-refractivity contribution in [3.8, 4) is 17.0 Å². The topological polar surface area (TPSA) is 120 Å². The van der Waals surface area contributed by atoms with Crippen LogP contribution in [0.5, 0.6) is 5.75 Å². The molecule has 2 aromatic rings. The Morgan fingerprint density at radius 2 is 2.03 bits per heavy atom. The van der Waals surface area contributed by atoms with Gasteiger partial charge in [-0.15, -0.1) is 0 Å². The van der Waals surface area contributed by atoms with E-state index in [9.17, 15) is 24.0 Å². The Kier molecular flexibility index (Phi) is 8.48. The zero-order valence-corrected chi connectivity index (χ0v) is 19.0. The molecule has 2 rings (SSSR count). The summed E-state index contributed by atoms with van der Waals surface area (Å²) in [5.41, 5.74) is -0.791. The van der Waals surface area contributed by atoms with Gasteiger partial charge in [-0.25, -0.2) is 4.68 Å². The Morgan fingerprint density at radius 3 is 2.58 bits per heavy atom. The van der Waals surface area contributed by atoms with Crippen LogP contribution in [0.15, 0.2) is 18.3 Å². The van der Waals surface area contributed by atoms with Gasteiger partial charge in [-0.3, -0.25) is 10.1 Å². The maximum absolute atomic E-state index is 13.0. The number of aromatic nitrogens is 2. The van der Waals surface area contributed by atoms with E-state index < -0.39 is 43.8 Å². The molecule has 9 nitrogen and oxygen atoms in total. The number of halogens is 3. The minimum atomic E-state index is -3.25. The van der Waals surface area contributed by atoms with E-state index in [1.807, 2.05) is 0 Å². The number of ether oxygens (including phenoxy) is 2. The fourth-order valence-electron chi connectivity index (χ4n) is 2.71. The Bertz CT molecular complexity index is 922. The van der Waals surface area contributed by atoms with Crippen LogP contribution in [0.1, 0.15) is 11.7 Å². The van der Waals surface area contributed by atoms with E-state index in [1.165, 1.54) is 0 Å². The monoisotopic (exact) mass is 479 g/mol. The average molecular weight is 480 g/mol. The number of nitrogens with zero attached hydrogens (tertiary/aromatic N) is 3. The minimum Gasteiger partial charge on any atom is -0.434 e. The quantitative estimate of drug-likeness (QED) is 0.216. The first-order chi connectivity index (χ1) is 14.4. The number of nitro groups is 1. The SMILES string of the molecule is C[Si](C)(C)CCOCn1ncc([N+](=O)[O-])c1-c1cc(Cl)c([C@H](O)CO)cc1OC(F)F. The highest BCUT2D eigenvalue weighted by Crippen LogP contribution is 2.41. The molecule has 0 aliphatic rings. The van der Waals surface area contributed by atoms with Crippen LogP contribution < -0.4 is 4.74 Å². The molecule has 1 atom stereocenters. The molecular weight excluding hydrogens is 456 g/mol. The number of rotatable bonds is 11. The van der Waals surface area contributed by atoms with Crippen molar-refractivity contribution in [3.63, 3.8) is 0 Å². The average Bonchev–Trinajstić information content (AvgIpc) is 3.08. The van der Waals surface area contributed by atoms with Crippen molar-refractivity contribution < 1.29 is 33.4 Å². The van der Waals surface area contributed by atoms with Gasteiger partial charge in [-0.1, -0.05) is 31.2 Å². The van der Waals surface area contributed by atoms with Gasteiger partial charge in [0.05, 0.1) is 17.1 Å². The van der Waals surface area contributed by atoms with Gasteiger partial charge in [0.25, 0.3) is 0 Å². The molecule has 0 saturated carbocycles. The second-order valence-electron chi connectivity index (χ2n) is 7.93. The van der Waals surface area contributed by atoms with Gasteiger partial charge in [0.1, 0.15) is 24.8 Å². The summed E-state index contributed by atoms with van der Waals surface area (Å²) in [5, 5.41) is 34.4. The summed E-state index contributed by atoms with van der Waals surface area (Å²) in [6.07, 6.45) is -0.473. The summed E-state index contributed by atoms with van der Waals surface area (Å²) in [5.74, 6) is -0.464. The van der Waals surface area contributed by atoms with Crippen LogP contribution in [0.4, 0.5) is 14.5 Å². The number of aliphatic hydroxyl groups is 2. The number of alkyl halides is 2. The van der Waals surface area contributed by atoms with Crippen molar-refractivity contribution in [1.82, 2.24) is 9.78 Å². The zero-order valence-electron chi connectivity index (χ0n) is 17.2. The highest BCUT2D eigenvalue weighted by atomic mass is 35.5. The summed E-state index contributed by atoms with van der Waals surface area (Å²) < 4.78 is 37.4. The summed E-state index contributed by atoms with van der Waals surface area (Å²) in [6, 6.07) is 3.01. The molecular formula is C18H24ClF2N3O6Si. The van der Waals surface area contributed by atoms with Crippen LogP contribution >= 0.6 is 11.6 Å². The molecule has 0 spiro atoms. The lowest BCUT2D eigenvalue weighted by Gasteiger charge is -2.18. The van der Waals surface area contributed by atoms with Crippen LogP contribution in [0.2, 0.25) is 30.7 Å². The highest BCUT2D eigenvalue weighted by Gasteiger charge is 2.28. The smallest absolute Gasteiger partial charge is 0.387 e. The standard InChI is InChI=1S/C18H24ClF2N3O6Si/c1-31(2,3)5-4-29-10-23-17(14(8-22-23)24(27)28)12-6-13(19)11(15(26)9-25)7-16(12)30-18(20)21/h6-8,15,18,25-26H,4-5,9-10H2,1-3H3/t15-/m1/s1. The van der Waals surface area contributed by atoms with Crippen molar-refractivity contribution in [2.24, 2.45) is 0 Å². The molecule has 0 aliphatic heterocycles. The van der Waals surface area contributed by atoms with E-state index in [1.54, 1.807) is 0 Å². The highest BCUT2D eigenvalue weighted by molar-refractivity contribution is 6.76. The maximum atomic E-state index is 13.0. The Labute approximate surface area is 183 Å². The van der Waals surface area contributed by atoms with E-state index in [0.29, 0.717) is 6.61 Å². The molecule has 2 N–H and O–H groups in total. The van der Waals surface area contributed by atoms with Crippen molar-refractivity contribution >= 4 is 25.4 Å². The fourth-order valence-corrected chi connectivity index (χ4v) is 3.76. The minimum absolute atomic E-state index is 0.0660. The molecule has 0 bridgehead atoms. The lowest BCUT2D eigenvalue weighted by atomic mass is 10.0. The molecule has 1 aromatic heterocycles. The lowest BCUT2D eigenvalue weighted by Crippen LogP contribution is -2.22. The van der Waals surface area contributed by atoms with Gasteiger partial charge in [-0.05, 0) is 18.2 Å². The van der Waals surface area contributed by atoms with E-state index in [2.05, 4.69) is 29.5 Å². The van der Waals surface area contributed by atoms with Crippen LogP contribution in [-0.2, 0) is 11.5 Å². The molecule has 1 aromatic carbocycles. The molecule has 0 amide bonds. The third-order valence-electron chi connectivity index (χ3n) is 4.33. The van der Waals surface area contributed by atoms with Gasteiger partial charge in [-0.2, -0.15) is 13.9 Å². The number of aliphatic hydroxyl groups excluding tert-OH is 2. The zero-order chi connectivity index (χ0) is 23.3. The van der Waals surface area contributed by atoms with Gasteiger partial charge in [0.2, 0.25) is 0 Å². The van der Waals surface area contributed by atoms with Gasteiger partial charge < -0.3 is 19.7 Å².